The van der Waals surface area contributed by atoms with Crippen molar-refractivity contribution in [3.05, 3.63) is 47.3 Å². The fourth-order valence-electron chi connectivity index (χ4n) is 2.22. The van der Waals surface area contributed by atoms with E-state index >= 15 is 0 Å². The van der Waals surface area contributed by atoms with E-state index < -0.39 is 12.7 Å². The second kappa shape index (κ2) is 6.67. The number of aliphatic hydroxyl groups excluding tert-OH is 1. The van der Waals surface area contributed by atoms with Gasteiger partial charge >= 0.3 is 6.61 Å². The van der Waals surface area contributed by atoms with E-state index in [1.165, 1.54) is 12.1 Å². The molecule has 6 heteroatoms. The average Bonchev–Trinajstić information content (AvgIpc) is 2.78. The number of hydrogen-bond donors (Lipinski definition) is 1. The van der Waals surface area contributed by atoms with Gasteiger partial charge in [0.05, 0.1) is 11.8 Å². The number of ether oxygens (including phenoxy) is 1. The molecule has 0 spiro atoms. The highest BCUT2D eigenvalue weighted by molar-refractivity contribution is 5.29. The number of halogens is 2. The lowest BCUT2D eigenvalue weighted by Gasteiger charge is -2.13. The molecule has 1 unspecified atom stereocenters. The Morgan fingerprint density at radius 3 is 2.52 bits per heavy atom. The van der Waals surface area contributed by atoms with Crippen LogP contribution in [0.5, 0.6) is 5.75 Å². The molecule has 1 heterocycles. The summed E-state index contributed by atoms with van der Waals surface area (Å²) in [5, 5.41) is 14.6. The largest absolute Gasteiger partial charge is 0.435 e. The molecular weight excluding hydrogens is 278 g/mol. The van der Waals surface area contributed by atoms with Crippen LogP contribution in [0.25, 0.3) is 0 Å². The smallest absolute Gasteiger partial charge is 0.387 e. The molecular formula is C15H18F2N2O2. The van der Waals surface area contributed by atoms with Crippen molar-refractivity contribution >= 4 is 0 Å². The number of rotatable bonds is 6. The van der Waals surface area contributed by atoms with Gasteiger partial charge in [-0.15, -0.1) is 0 Å². The first-order valence-corrected chi connectivity index (χ1v) is 6.75. The van der Waals surface area contributed by atoms with Crippen LogP contribution >= 0.6 is 0 Å². The molecule has 0 saturated carbocycles. The van der Waals surface area contributed by atoms with Gasteiger partial charge in [0.1, 0.15) is 5.75 Å². The number of hydrogen-bond acceptors (Lipinski definition) is 3. The van der Waals surface area contributed by atoms with Gasteiger partial charge in [-0.1, -0.05) is 12.1 Å². The Morgan fingerprint density at radius 2 is 1.95 bits per heavy atom. The first kappa shape index (κ1) is 15.4. The Labute approximate surface area is 122 Å². The fraction of sp³-hybridized carbons (Fsp3) is 0.400. The molecule has 0 saturated heterocycles. The van der Waals surface area contributed by atoms with Crippen LogP contribution in [0.1, 0.15) is 30.0 Å². The van der Waals surface area contributed by atoms with Crippen molar-refractivity contribution in [2.24, 2.45) is 0 Å². The van der Waals surface area contributed by atoms with Gasteiger partial charge in [0.15, 0.2) is 0 Å². The summed E-state index contributed by atoms with van der Waals surface area (Å²) in [5.74, 6) is 0.0791. The maximum atomic E-state index is 12.1. The monoisotopic (exact) mass is 296 g/mol. The molecule has 1 N–H and O–H groups in total. The van der Waals surface area contributed by atoms with Crippen molar-refractivity contribution in [2.75, 3.05) is 0 Å². The van der Waals surface area contributed by atoms with Crippen LogP contribution in [-0.4, -0.2) is 21.5 Å². The predicted octanol–water partition coefficient (Wildman–Crippen LogP) is 3.09. The topological polar surface area (TPSA) is 47.3 Å². The molecule has 2 aromatic rings. The van der Waals surface area contributed by atoms with E-state index in [1.54, 1.807) is 12.1 Å². The van der Waals surface area contributed by atoms with E-state index in [-0.39, 0.29) is 5.75 Å². The van der Waals surface area contributed by atoms with Crippen LogP contribution in [0.2, 0.25) is 0 Å². The van der Waals surface area contributed by atoms with Crippen LogP contribution in [0, 0.1) is 6.92 Å². The van der Waals surface area contributed by atoms with Crippen molar-refractivity contribution in [3.63, 3.8) is 0 Å². The molecule has 1 aromatic carbocycles. The van der Waals surface area contributed by atoms with Gasteiger partial charge in [0.2, 0.25) is 0 Å². The van der Waals surface area contributed by atoms with Crippen LogP contribution in [0.4, 0.5) is 8.78 Å². The molecule has 0 aliphatic rings. The van der Waals surface area contributed by atoms with Crippen LogP contribution in [0.15, 0.2) is 30.3 Å². The second-order valence-corrected chi connectivity index (χ2v) is 4.76. The minimum absolute atomic E-state index is 0.0791. The van der Waals surface area contributed by atoms with Crippen molar-refractivity contribution in [3.8, 4) is 5.75 Å². The molecule has 1 atom stereocenters. The van der Waals surface area contributed by atoms with Crippen molar-refractivity contribution < 1.29 is 18.6 Å². The number of nitrogens with zero attached hydrogens (tertiary/aromatic N) is 2. The zero-order valence-electron chi connectivity index (χ0n) is 12.0. The van der Waals surface area contributed by atoms with E-state index in [1.807, 2.05) is 24.6 Å². The van der Waals surface area contributed by atoms with E-state index in [9.17, 15) is 13.9 Å². The van der Waals surface area contributed by atoms with Crippen LogP contribution < -0.4 is 4.74 Å². The number of alkyl halides is 2. The lowest BCUT2D eigenvalue weighted by atomic mass is 10.0. The summed E-state index contributed by atoms with van der Waals surface area (Å²) in [6.07, 6.45) is -0.295. The molecule has 0 aliphatic heterocycles. The maximum absolute atomic E-state index is 12.1. The van der Waals surface area contributed by atoms with Gasteiger partial charge in [0, 0.05) is 18.7 Å². The Morgan fingerprint density at radius 1 is 1.29 bits per heavy atom. The molecule has 1 aromatic heterocycles. The average molecular weight is 296 g/mol. The Kier molecular flexibility index (Phi) is 4.90. The number of aryl methyl sites for hydroxylation is 2. The van der Waals surface area contributed by atoms with Gasteiger partial charge in [-0.2, -0.15) is 13.9 Å². The summed E-state index contributed by atoms with van der Waals surface area (Å²) >= 11 is 0. The number of benzene rings is 1. The molecule has 0 aliphatic carbocycles. The van der Waals surface area contributed by atoms with Gasteiger partial charge in [-0.25, -0.2) is 0 Å². The number of aliphatic hydroxyl groups is 1. The Hall–Kier alpha value is -1.95. The minimum atomic E-state index is -2.84. The highest BCUT2D eigenvalue weighted by atomic mass is 19.3. The minimum Gasteiger partial charge on any atom is -0.435 e. The number of aromatic nitrogens is 2. The van der Waals surface area contributed by atoms with Gasteiger partial charge in [0.25, 0.3) is 0 Å². The van der Waals surface area contributed by atoms with Crippen molar-refractivity contribution in [1.29, 1.82) is 0 Å². The van der Waals surface area contributed by atoms with E-state index in [0.29, 0.717) is 12.0 Å². The van der Waals surface area contributed by atoms with Crippen LogP contribution in [0.3, 0.4) is 0 Å². The molecule has 21 heavy (non-hydrogen) atoms. The molecule has 4 nitrogen and oxygen atoms in total. The third-order valence-corrected chi connectivity index (χ3v) is 3.18. The molecule has 114 valence electrons. The molecule has 0 amide bonds. The Balaban J connectivity index is 2.07. The molecule has 0 radical (unpaired) electrons. The molecule has 2 rings (SSSR count). The van der Waals surface area contributed by atoms with E-state index in [2.05, 4.69) is 9.84 Å². The summed E-state index contributed by atoms with van der Waals surface area (Å²) < 4.78 is 30.3. The zero-order chi connectivity index (χ0) is 15.4. The summed E-state index contributed by atoms with van der Waals surface area (Å²) in [6, 6.07) is 7.95. The highest BCUT2D eigenvalue weighted by Gasteiger charge is 2.13. The lowest BCUT2D eigenvalue weighted by molar-refractivity contribution is -0.0498. The lowest BCUT2D eigenvalue weighted by Crippen LogP contribution is -2.08. The van der Waals surface area contributed by atoms with Gasteiger partial charge < -0.3 is 9.84 Å². The Bertz CT molecular complexity index is 582. The molecule has 0 fully saturated rings. The first-order chi connectivity index (χ1) is 9.99. The normalized spacial score (nSPS) is 12.7. The quantitative estimate of drug-likeness (QED) is 0.891. The SMILES string of the molecule is CCn1nc(C)cc1CC(O)c1ccc(OC(F)F)cc1. The summed E-state index contributed by atoms with van der Waals surface area (Å²) in [7, 11) is 0. The van der Waals surface area contributed by atoms with Gasteiger partial charge in [-0.3, -0.25) is 4.68 Å². The molecule has 0 bridgehead atoms. The third-order valence-electron chi connectivity index (χ3n) is 3.18. The third kappa shape index (κ3) is 4.01. The zero-order valence-corrected chi connectivity index (χ0v) is 12.0. The predicted molar refractivity (Wildman–Crippen MR) is 74.4 cm³/mol. The van der Waals surface area contributed by atoms with E-state index in [0.717, 1.165) is 17.9 Å². The van der Waals surface area contributed by atoms with Crippen molar-refractivity contribution in [1.82, 2.24) is 9.78 Å². The summed E-state index contributed by atoms with van der Waals surface area (Å²) in [4.78, 5) is 0. The summed E-state index contributed by atoms with van der Waals surface area (Å²) in [5.41, 5.74) is 2.49. The second-order valence-electron chi connectivity index (χ2n) is 4.76. The van der Waals surface area contributed by atoms with Gasteiger partial charge in [-0.05, 0) is 37.6 Å². The van der Waals surface area contributed by atoms with Crippen molar-refractivity contribution in [2.45, 2.75) is 39.5 Å². The fourth-order valence-corrected chi connectivity index (χ4v) is 2.22. The maximum Gasteiger partial charge on any atom is 0.387 e. The standard InChI is InChI=1S/C15H18F2N2O2/c1-3-19-12(8-10(2)18-19)9-14(20)11-4-6-13(7-5-11)21-15(16)17/h4-8,14-15,20H,3,9H2,1-2H3. The highest BCUT2D eigenvalue weighted by Crippen LogP contribution is 2.22. The first-order valence-electron chi connectivity index (χ1n) is 6.75. The van der Waals surface area contributed by atoms with Crippen LogP contribution in [-0.2, 0) is 13.0 Å². The van der Waals surface area contributed by atoms with E-state index in [4.69, 9.17) is 0 Å². The summed E-state index contributed by atoms with van der Waals surface area (Å²) in [6.45, 7) is 1.77.